The Hall–Kier alpha value is -9.60. The maximum atomic E-state index is 5.67. The number of hydrogen-bond donors (Lipinski definition) is 0. The summed E-state index contributed by atoms with van der Waals surface area (Å²) >= 11 is 0. The van der Waals surface area contributed by atoms with Crippen LogP contribution in [0.15, 0.2) is 237 Å². The third kappa shape index (κ3) is 10.8. The number of hydrogen-bond acceptors (Lipinski definition) is 9. The zero-order valence-electron chi connectivity index (χ0n) is 42.8. The third-order valence-corrected chi connectivity index (χ3v) is 13.2. The predicted molar refractivity (Wildman–Crippen MR) is 306 cm³/mol. The summed E-state index contributed by atoms with van der Waals surface area (Å²) < 4.78 is 33.9. The van der Waals surface area contributed by atoms with Gasteiger partial charge in [0.1, 0.15) is 34.5 Å². The fourth-order valence-corrected chi connectivity index (χ4v) is 9.36. The molecule has 9 nitrogen and oxygen atoms in total. The Morgan fingerprint density at radius 2 is 0.400 bits per heavy atom. The van der Waals surface area contributed by atoms with E-state index in [9.17, 15) is 0 Å². The van der Waals surface area contributed by atoms with E-state index in [-0.39, 0.29) is 0 Å². The Morgan fingerprint density at radius 1 is 0.187 bits per heavy atom. The summed E-state index contributed by atoms with van der Waals surface area (Å²) in [6.45, 7) is 0. The van der Waals surface area contributed by atoms with Crippen molar-refractivity contribution in [3.63, 3.8) is 0 Å². The van der Waals surface area contributed by atoms with Crippen LogP contribution in [0.4, 0.5) is 51.2 Å². The van der Waals surface area contributed by atoms with Crippen LogP contribution >= 0.6 is 0 Å². The van der Waals surface area contributed by atoms with Crippen LogP contribution in [-0.2, 0) is 0 Å². The average molecular weight is 988 g/mol. The van der Waals surface area contributed by atoms with Crippen molar-refractivity contribution in [3.8, 4) is 67.9 Å². The van der Waals surface area contributed by atoms with Crippen molar-refractivity contribution in [3.05, 3.63) is 237 Å². The van der Waals surface area contributed by atoms with Crippen LogP contribution in [0.1, 0.15) is 0 Å². The molecule has 0 atom stereocenters. The van der Waals surface area contributed by atoms with E-state index in [0.717, 1.165) is 119 Å². The van der Waals surface area contributed by atoms with Gasteiger partial charge in [0.2, 0.25) is 0 Å². The van der Waals surface area contributed by atoms with Gasteiger partial charge in [-0.3, -0.25) is 0 Å². The fraction of sp³-hybridized carbons (Fsp3) is 0.0909. The zero-order chi connectivity index (χ0) is 51.7. The van der Waals surface area contributed by atoms with Gasteiger partial charge in [0.25, 0.3) is 0 Å². The summed E-state index contributed by atoms with van der Waals surface area (Å²) in [5, 5.41) is 0. The predicted octanol–water partition coefficient (Wildman–Crippen LogP) is 17.1. The molecule has 0 saturated heterocycles. The van der Waals surface area contributed by atoms with Crippen molar-refractivity contribution >= 4 is 51.2 Å². The molecule has 0 spiro atoms. The highest BCUT2D eigenvalue weighted by molar-refractivity contribution is 5.86. The highest BCUT2D eigenvalue weighted by atomic mass is 16.5. The average Bonchev–Trinajstić information content (AvgIpc) is 3.48. The quantitative estimate of drug-likeness (QED) is 0.0836. The first-order valence-electron chi connectivity index (χ1n) is 24.6. The van der Waals surface area contributed by atoms with Crippen LogP contribution in [0.25, 0.3) is 33.4 Å². The van der Waals surface area contributed by atoms with E-state index in [1.54, 1.807) is 42.7 Å². The zero-order valence-corrected chi connectivity index (χ0v) is 42.8. The first-order valence-corrected chi connectivity index (χ1v) is 24.6. The minimum absolute atomic E-state index is 0.768. The molecule has 10 aromatic rings. The summed E-state index contributed by atoms with van der Waals surface area (Å²) in [4.78, 5) is 6.64. The molecule has 10 rings (SSSR count). The molecule has 0 N–H and O–H groups in total. The molecule has 0 aliphatic rings. The molecular formula is C66H57N3O6. The van der Waals surface area contributed by atoms with Crippen LogP contribution in [0.3, 0.4) is 0 Å². The van der Waals surface area contributed by atoms with Crippen LogP contribution in [0.5, 0.6) is 34.5 Å². The lowest BCUT2D eigenvalue weighted by Gasteiger charge is -2.26. The molecule has 0 aliphatic carbocycles. The Balaban J connectivity index is 1.07. The normalized spacial score (nSPS) is 10.8. The molecule has 10 aromatic carbocycles. The van der Waals surface area contributed by atoms with Crippen molar-refractivity contribution < 1.29 is 28.4 Å². The molecule has 9 heteroatoms. The molecule has 372 valence electrons. The molecule has 0 unspecified atom stereocenters. The Labute approximate surface area is 439 Å². The van der Waals surface area contributed by atoms with Crippen molar-refractivity contribution in [2.24, 2.45) is 0 Å². The van der Waals surface area contributed by atoms with E-state index in [1.807, 2.05) is 103 Å². The number of benzene rings is 10. The lowest BCUT2D eigenvalue weighted by Crippen LogP contribution is -2.10. The highest BCUT2D eigenvalue weighted by Gasteiger charge is 2.19. The molecule has 0 aromatic heterocycles. The molecule has 0 bridgehead atoms. The lowest BCUT2D eigenvalue weighted by molar-refractivity contribution is 0.414. The van der Waals surface area contributed by atoms with E-state index >= 15 is 0 Å². The van der Waals surface area contributed by atoms with Gasteiger partial charge in [0.05, 0.1) is 42.7 Å². The van der Waals surface area contributed by atoms with Crippen molar-refractivity contribution in [2.75, 3.05) is 57.4 Å². The van der Waals surface area contributed by atoms with Gasteiger partial charge in [-0.25, -0.2) is 0 Å². The topological polar surface area (TPSA) is 65.1 Å². The standard InChI is InChI=1S/C66H57N3O6/c1-70-61-36-34-55(35-37-61)67(56-12-7-17-62(41-56)71-2)52-28-22-46(23-29-52)49-38-50(47-24-30-53(31-25-47)68(57-13-8-18-63(42-57)72-3)58-14-9-19-64(43-58)73-4)40-51(39-49)48-26-32-54(33-27-48)69(59-15-10-20-65(44-59)74-5)60-16-11-21-66(45-60)75-6/h7-45H,1-6H3. The maximum absolute atomic E-state index is 5.67. The molecule has 75 heavy (non-hydrogen) atoms. The molecule has 0 saturated carbocycles. The van der Waals surface area contributed by atoms with Gasteiger partial charge >= 0.3 is 0 Å². The van der Waals surface area contributed by atoms with Gasteiger partial charge in [0.15, 0.2) is 0 Å². The van der Waals surface area contributed by atoms with E-state index < -0.39 is 0 Å². The SMILES string of the molecule is COc1ccc(N(c2ccc(-c3cc(-c4ccc(N(c5cccc(OC)c5)c5cccc(OC)c5)cc4)cc(-c4ccc(N(c5cccc(OC)c5)c5cccc(OC)c5)cc4)c3)cc2)c2cccc(OC)c2)cc1. The minimum Gasteiger partial charge on any atom is -0.497 e. The summed E-state index contributed by atoms with van der Waals surface area (Å²) in [5.74, 6) is 4.63. The number of methoxy groups -OCH3 is 6. The Bertz CT molecular complexity index is 3270. The van der Waals surface area contributed by atoms with E-state index in [2.05, 4.69) is 148 Å². The van der Waals surface area contributed by atoms with Crippen molar-refractivity contribution in [2.45, 2.75) is 0 Å². The minimum atomic E-state index is 0.768. The smallest absolute Gasteiger partial charge is 0.120 e. The van der Waals surface area contributed by atoms with Gasteiger partial charge in [-0.05, 0) is 173 Å². The van der Waals surface area contributed by atoms with E-state index in [4.69, 9.17) is 28.4 Å². The van der Waals surface area contributed by atoms with Gasteiger partial charge in [-0.15, -0.1) is 0 Å². The van der Waals surface area contributed by atoms with Crippen LogP contribution in [0.2, 0.25) is 0 Å². The Morgan fingerprint density at radius 3 is 0.627 bits per heavy atom. The number of nitrogens with zero attached hydrogens (tertiary/aromatic N) is 3. The van der Waals surface area contributed by atoms with E-state index in [1.165, 1.54) is 0 Å². The number of rotatable bonds is 18. The van der Waals surface area contributed by atoms with Crippen molar-refractivity contribution in [1.82, 2.24) is 0 Å². The first-order chi connectivity index (χ1) is 36.8. The molecule has 0 radical (unpaired) electrons. The van der Waals surface area contributed by atoms with Crippen LogP contribution in [-0.4, -0.2) is 42.7 Å². The number of ether oxygens (including phenoxy) is 6. The maximum Gasteiger partial charge on any atom is 0.120 e. The van der Waals surface area contributed by atoms with Crippen LogP contribution < -0.4 is 43.1 Å². The fourth-order valence-electron chi connectivity index (χ4n) is 9.36. The first kappa shape index (κ1) is 49.0. The summed E-state index contributed by atoms with van der Waals surface area (Å²) in [6, 6.07) is 81.6. The summed E-state index contributed by atoms with van der Waals surface area (Å²) in [7, 11) is 10.1. The van der Waals surface area contributed by atoms with Gasteiger partial charge in [-0.1, -0.05) is 66.7 Å². The summed E-state index contributed by atoms with van der Waals surface area (Å²) in [5.41, 5.74) is 15.2. The van der Waals surface area contributed by atoms with Crippen molar-refractivity contribution in [1.29, 1.82) is 0 Å². The molecule has 0 heterocycles. The van der Waals surface area contributed by atoms with Crippen LogP contribution in [0, 0.1) is 0 Å². The largest absolute Gasteiger partial charge is 0.497 e. The summed E-state index contributed by atoms with van der Waals surface area (Å²) in [6.07, 6.45) is 0. The second-order valence-electron chi connectivity index (χ2n) is 17.7. The lowest BCUT2D eigenvalue weighted by atomic mass is 9.93. The molecule has 0 amide bonds. The monoisotopic (exact) mass is 987 g/mol. The van der Waals surface area contributed by atoms with Gasteiger partial charge in [-0.2, -0.15) is 0 Å². The molecular weight excluding hydrogens is 931 g/mol. The van der Waals surface area contributed by atoms with Gasteiger partial charge in [0, 0.05) is 81.5 Å². The highest BCUT2D eigenvalue weighted by Crippen LogP contribution is 2.43. The molecule has 0 aliphatic heterocycles. The Kier molecular flexibility index (Phi) is 14.7. The van der Waals surface area contributed by atoms with Gasteiger partial charge < -0.3 is 43.1 Å². The molecule has 0 fully saturated rings. The second-order valence-corrected chi connectivity index (χ2v) is 17.7. The number of anilines is 9. The second kappa shape index (κ2) is 22.4. The third-order valence-electron chi connectivity index (χ3n) is 13.2. The van der Waals surface area contributed by atoms with E-state index in [0.29, 0.717) is 0 Å².